The predicted octanol–water partition coefficient (Wildman–Crippen LogP) is 3.44. The minimum Gasteiger partial charge on any atom is -0.385 e. The van der Waals surface area contributed by atoms with Crippen molar-refractivity contribution in [2.75, 3.05) is 20.8 Å². The predicted molar refractivity (Wildman–Crippen MR) is 71.8 cm³/mol. The van der Waals surface area contributed by atoms with Crippen molar-refractivity contribution in [3.05, 3.63) is 33.8 Å². The van der Waals surface area contributed by atoms with Crippen molar-refractivity contribution in [2.45, 2.75) is 25.8 Å². The van der Waals surface area contributed by atoms with Gasteiger partial charge >= 0.3 is 0 Å². The third-order valence-corrected chi connectivity index (χ3v) is 3.29. The van der Waals surface area contributed by atoms with Crippen molar-refractivity contribution in [3.8, 4) is 0 Å². The molecule has 0 aliphatic carbocycles. The Morgan fingerprint density at radius 2 is 2.19 bits per heavy atom. The highest BCUT2D eigenvalue weighted by molar-refractivity contribution is 9.10. The number of methoxy groups -OCH3 is 1. The van der Waals surface area contributed by atoms with E-state index in [-0.39, 0.29) is 0 Å². The first-order valence-corrected chi connectivity index (χ1v) is 6.40. The van der Waals surface area contributed by atoms with E-state index in [0.717, 1.165) is 23.9 Å². The van der Waals surface area contributed by atoms with E-state index in [1.165, 1.54) is 11.1 Å². The molecule has 0 radical (unpaired) electrons. The maximum atomic E-state index is 5.09. The zero-order chi connectivity index (χ0) is 12.0. The van der Waals surface area contributed by atoms with Gasteiger partial charge < -0.3 is 10.1 Å². The molecule has 3 heteroatoms. The van der Waals surface area contributed by atoms with Crippen LogP contribution in [-0.2, 0) is 4.74 Å². The van der Waals surface area contributed by atoms with E-state index in [2.05, 4.69) is 46.4 Å². The Bertz CT molecular complexity index is 328. The molecule has 0 amide bonds. The minimum atomic E-state index is 0.420. The third kappa shape index (κ3) is 3.89. The van der Waals surface area contributed by atoms with Crippen LogP contribution in [0, 0.1) is 6.92 Å². The quantitative estimate of drug-likeness (QED) is 0.809. The summed E-state index contributed by atoms with van der Waals surface area (Å²) in [4.78, 5) is 0. The van der Waals surface area contributed by atoms with Crippen molar-refractivity contribution in [3.63, 3.8) is 0 Å². The molecule has 90 valence electrons. The number of ether oxygens (including phenoxy) is 1. The summed E-state index contributed by atoms with van der Waals surface area (Å²) < 4.78 is 6.23. The van der Waals surface area contributed by atoms with Crippen LogP contribution in [0.5, 0.6) is 0 Å². The topological polar surface area (TPSA) is 21.3 Å². The largest absolute Gasteiger partial charge is 0.385 e. The highest BCUT2D eigenvalue weighted by Crippen LogP contribution is 2.24. The lowest BCUT2D eigenvalue weighted by atomic mass is 9.98. The lowest BCUT2D eigenvalue weighted by Gasteiger charge is -2.19. The molecule has 1 N–H and O–H groups in total. The molecular weight excluding hydrogens is 266 g/mol. The lowest BCUT2D eigenvalue weighted by Crippen LogP contribution is -2.17. The zero-order valence-corrected chi connectivity index (χ0v) is 11.8. The number of aryl methyl sites for hydroxylation is 1. The number of nitrogens with one attached hydrogen (secondary N) is 1. The van der Waals surface area contributed by atoms with Gasteiger partial charge in [-0.25, -0.2) is 0 Å². The summed E-state index contributed by atoms with van der Waals surface area (Å²) >= 11 is 3.49. The van der Waals surface area contributed by atoms with Gasteiger partial charge in [0.25, 0.3) is 0 Å². The molecular formula is C13H20BrNO. The summed E-state index contributed by atoms with van der Waals surface area (Å²) in [5.74, 6) is 0. The first kappa shape index (κ1) is 13.7. The van der Waals surface area contributed by atoms with Crippen LogP contribution in [-0.4, -0.2) is 20.8 Å². The second kappa shape index (κ2) is 7.05. The van der Waals surface area contributed by atoms with Crippen molar-refractivity contribution in [1.82, 2.24) is 5.32 Å². The van der Waals surface area contributed by atoms with Crippen LogP contribution in [0.15, 0.2) is 22.7 Å². The molecule has 1 atom stereocenters. The molecule has 1 aromatic rings. The van der Waals surface area contributed by atoms with Crippen molar-refractivity contribution >= 4 is 15.9 Å². The van der Waals surface area contributed by atoms with Gasteiger partial charge in [-0.3, -0.25) is 0 Å². The molecule has 0 spiro atoms. The van der Waals surface area contributed by atoms with E-state index in [1.807, 2.05) is 7.05 Å². The van der Waals surface area contributed by atoms with Gasteiger partial charge in [0.05, 0.1) is 0 Å². The van der Waals surface area contributed by atoms with E-state index in [1.54, 1.807) is 7.11 Å². The van der Waals surface area contributed by atoms with Gasteiger partial charge in [0, 0.05) is 24.2 Å². The molecule has 0 aliphatic heterocycles. The van der Waals surface area contributed by atoms with E-state index >= 15 is 0 Å². The Kier molecular flexibility index (Phi) is 6.03. The summed E-state index contributed by atoms with van der Waals surface area (Å²) in [6, 6.07) is 6.87. The van der Waals surface area contributed by atoms with E-state index in [0.29, 0.717) is 6.04 Å². The summed E-state index contributed by atoms with van der Waals surface area (Å²) in [5.41, 5.74) is 2.70. The van der Waals surface area contributed by atoms with Gasteiger partial charge in [0.15, 0.2) is 0 Å². The highest BCUT2D eigenvalue weighted by Gasteiger charge is 2.11. The molecule has 0 saturated carbocycles. The molecule has 16 heavy (non-hydrogen) atoms. The maximum Gasteiger partial charge on any atom is 0.0462 e. The van der Waals surface area contributed by atoms with Crippen LogP contribution in [0.3, 0.4) is 0 Å². The Morgan fingerprint density at radius 1 is 1.44 bits per heavy atom. The van der Waals surface area contributed by atoms with Crippen LogP contribution in [0.1, 0.15) is 30.0 Å². The van der Waals surface area contributed by atoms with Gasteiger partial charge in [-0.1, -0.05) is 22.0 Å². The van der Waals surface area contributed by atoms with Gasteiger partial charge in [-0.15, -0.1) is 0 Å². The average molecular weight is 286 g/mol. The smallest absolute Gasteiger partial charge is 0.0462 e. The fourth-order valence-corrected chi connectivity index (χ4v) is 2.39. The fourth-order valence-electron chi connectivity index (χ4n) is 1.92. The molecule has 0 saturated heterocycles. The summed E-state index contributed by atoms with van der Waals surface area (Å²) in [5, 5.41) is 3.37. The lowest BCUT2D eigenvalue weighted by molar-refractivity contribution is 0.189. The molecule has 1 aromatic carbocycles. The van der Waals surface area contributed by atoms with Crippen LogP contribution in [0.4, 0.5) is 0 Å². The van der Waals surface area contributed by atoms with E-state index < -0.39 is 0 Å². The van der Waals surface area contributed by atoms with Crippen LogP contribution >= 0.6 is 15.9 Å². The van der Waals surface area contributed by atoms with E-state index in [4.69, 9.17) is 4.74 Å². The molecule has 0 aromatic heterocycles. The first-order chi connectivity index (χ1) is 7.69. The van der Waals surface area contributed by atoms with Crippen molar-refractivity contribution in [2.24, 2.45) is 0 Å². The maximum absolute atomic E-state index is 5.09. The van der Waals surface area contributed by atoms with Gasteiger partial charge in [0.1, 0.15) is 0 Å². The molecule has 0 heterocycles. The Hall–Kier alpha value is -0.380. The number of halogens is 1. The Balaban J connectivity index is 2.70. The second-order valence-electron chi connectivity index (χ2n) is 3.98. The van der Waals surface area contributed by atoms with Gasteiger partial charge in [-0.2, -0.15) is 0 Å². The molecule has 0 aliphatic rings. The van der Waals surface area contributed by atoms with Crippen LogP contribution in [0.2, 0.25) is 0 Å². The molecule has 1 unspecified atom stereocenters. The number of hydrogen-bond donors (Lipinski definition) is 1. The van der Waals surface area contributed by atoms with Crippen LogP contribution in [0.25, 0.3) is 0 Å². The fraction of sp³-hybridized carbons (Fsp3) is 0.538. The standard InChI is InChI=1S/C13H20BrNO/c1-10-9-11(14)6-7-12(10)13(15-2)5-4-8-16-3/h6-7,9,13,15H,4-5,8H2,1-3H3. The monoisotopic (exact) mass is 285 g/mol. The zero-order valence-electron chi connectivity index (χ0n) is 10.2. The highest BCUT2D eigenvalue weighted by atomic mass is 79.9. The van der Waals surface area contributed by atoms with Gasteiger partial charge in [-0.05, 0) is 50.1 Å². The van der Waals surface area contributed by atoms with Crippen molar-refractivity contribution in [1.29, 1.82) is 0 Å². The summed E-state index contributed by atoms with van der Waals surface area (Å²) in [7, 11) is 3.76. The Labute approximate surface area is 107 Å². The molecule has 0 bridgehead atoms. The van der Waals surface area contributed by atoms with Crippen molar-refractivity contribution < 1.29 is 4.74 Å². The van der Waals surface area contributed by atoms with Crippen LogP contribution < -0.4 is 5.32 Å². The van der Waals surface area contributed by atoms with E-state index in [9.17, 15) is 0 Å². The number of benzene rings is 1. The molecule has 0 fully saturated rings. The summed E-state index contributed by atoms with van der Waals surface area (Å²) in [6.45, 7) is 2.98. The van der Waals surface area contributed by atoms with Gasteiger partial charge in [0.2, 0.25) is 0 Å². The second-order valence-corrected chi connectivity index (χ2v) is 4.89. The SMILES string of the molecule is CNC(CCCOC)c1ccc(Br)cc1C. The minimum absolute atomic E-state index is 0.420. The average Bonchev–Trinajstić information content (AvgIpc) is 2.26. The third-order valence-electron chi connectivity index (χ3n) is 2.80. The Morgan fingerprint density at radius 3 is 2.75 bits per heavy atom. The first-order valence-electron chi connectivity index (χ1n) is 5.61. The normalized spacial score (nSPS) is 12.8. The molecule has 2 nitrogen and oxygen atoms in total. The summed E-state index contributed by atoms with van der Waals surface area (Å²) in [6.07, 6.45) is 2.18. The number of rotatable bonds is 6. The molecule has 1 rings (SSSR count). The number of hydrogen-bond acceptors (Lipinski definition) is 2.